The van der Waals surface area contributed by atoms with Gasteiger partial charge in [0.1, 0.15) is 0 Å². The minimum Gasteiger partial charge on any atom is -0.377 e. The standard InChI is InChI=1S/C19H19BrN2/c1-12-5-10-17-16(11-12)15-3-2-4-18(19(15)22-17)21-14-8-6-13(20)7-9-14/h5-11,18,21-22H,2-4H2,1H3/t18-/m1/s1. The fraction of sp³-hybridized carbons (Fsp3) is 0.263. The normalized spacial score (nSPS) is 17.5. The van der Waals surface area contributed by atoms with Crippen LogP contribution in [0.15, 0.2) is 46.9 Å². The lowest BCUT2D eigenvalue weighted by molar-refractivity contribution is 0.593. The summed E-state index contributed by atoms with van der Waals surface area (Å²) in [6, 6.07) is 15.5. The molecular formula is C19H19BrN2. The molecule has 3 aromatic rings. The molecule has 2 N–H and O–H groups in total. The maximum atomic E-state index is 3.69. The Hall–Kier alpha value is -1.74. The van der Waals surface area contributed by atoms with Gasteiger partial charge in [-0.1, -0.05) is 27.6 Å². The fourth-order valence-corrected chi connectivity index (χ4v) is 3.73. The van der Waals surface area contributed by atoms with E-state index < -0.39 is 0 Å². The van der Waals surface area contributed by atoms with E-state index in [-0.39, 0.29) is 0 Å². The Morgan fingerprint density at radius 2 is 1.95 bits per heavy atom. The van der Waals surface area contributed by atoms with E-state index in [9.17, 15) is 0 Å². The summed E-state index contributed by atoms with van der Waals surface area (Å²) >= 11 is 3.49. The molecule has 0 radical (unpaired) electrons. The highest BCUT2D eigenvalue weighted by molar-refractivity contribution is 9.10. The van der Waals surface area contributed by atoms with Gasteiger partial charge in [-0.3, -0.25) is 0 Å². The quantitative estimate of drug-likeness (QED) is 0.604. The molecule has 1 atom stereocenters. The molecule has 0 amide bonds. The predicted octanol–water partition coefficient (Wildman–Crippen LogP) is 5.73. The Bertz CT molecular complexity index is 817. The molecule has 0 spiro atoms. The maximum absolute atomic E-state index is 3.69. The number of fused-ring (bicyclic) bond motifs is 3. The van der Waals surface area contributed by atoms with Crippen molar-refractivity contribution in [3.05, 3.63) is 63.8 Å². The molecule has 22 heavy (non-hydrogen) atoms. The number of hydrogen-bond donors (Lipinski definition) is 2. The van der Waals surface area contributed by atoms with Crippen molar-refractivity contribution in [2.24, 2.45) is 0 Å². The SMILES string of the molecule is Cc1ccc2[nH]c3c(c2c1)CCC[C@H]3Nc1ccc(Br)cc1. The highest BCUT2D eigenvalue weighted by atomic mass is 79.9. The second-order valence-electron chi connectivity index (χ2n) is 6.16. The third kappa shape index (κ3) is 2.44. The van der Waals surface area contributed by atoms with Crippen LogP contribution >= 0.6 is 15.9 Å². The summed E-state index contributed by atoms with van der Waals surface area (Å²) in [5.74, 6) is 0. The third-order valence-electron chi connectivity index (χ3n) is 4.55. The van der Waals surface area contributed by atoms with Crippen LogP contribution in [0.2, 0.25) is 0 Å². The average Bonchev–Trinajstić information content (AvgIpc) is 2.89. The molecule has 0 fully saturated rings. The summed E-state index contributed by atoms with van der Waals surface area (Å²) in [7, 11) is 0. The monoisotopic (exact) mass is 354 g/mol. The van der Waals surface area contributed by atoms with Crippen molar-refractivity contribution in [2.75, 3.05) is 5.32 Å². The molecule has 0 unspecified atom stereocenters. The maximum Gasteiger partial charge on any atom is 0.0666 e. The number of benzene rings is 2. The molecule has 1 heterocycles. The lowest BCUT2D eigenvalue weighted by atomic mass is 9.91. The highest BCUT2D eigenvalue weighted by Crippen LogP contribution is 2.37. The number of H-pyrrole nitrogens is 1. The van der Waals surface area contributed by atoms with E-state index in [0.29, 0.717) is 6.04 Å². The Morgan fingerprint density at radius 3 is 2.77 bits per heavy atom. The summed E-state index contributed by atoms with van der Waals surface area (Å²) in [6.07, 6.45) is 3.59. The van der Waals surface area contributed by atoms with Gasteiger partial charge in [-0.05, 0) is 68.1 Å². The van der Waals surface area contributed by atoms with E-state index in [4.69, 9.17) is 0 Å². The Morgan fingerprint density at radius 1 is 1.14 bits per heavy atom. The van der Waals surface area contributed by atoms with Crippen LogP contribution in [-0.4, -0.2) is 4.98 Å². The van der Waals surface area contributed by atoms with Gasteiger partial charge in [0, 0.05) is 26.8 Å². The van der Waals surface area contributed by atoms with Crippen molar-refractivity contribution in [1.29, 1.82) is 0 Å². The molecular weight excluding hydrogens is 336 g/mol. The second-order valence-corrected chi connectivity index (χ2v) is 7.08. The summed E-state index contributed by atoms with van der Waals surface area (Å²) in [6.45, 7) is 2.17. The number of aromatic nitrogens is 1. The molecule has 112 valence electrons. The predicted molar refractivity (Wildman–Crippen MR) is 96.5 cm³/mol. The van der Waals surface area contributed by atoms with Crippen LogP contribution in [0.25, 0.3) is 10.9 Å². The average molecular weight is 355 g/mol. The van der Waals surface area contributed by atoms with Crippen molar-refractivity contribution < 1.29 is 0 Å². The van der Waals surface area contributed by atoms with Crippen LogP contribution in [0.1, 0.15) is 35.7 Å². The van der Waals surface area contributed by atoms with Gasteiger partial charge >= 0.3 is 0 Å². The van der Waals surface area contributed by atoms with Gasteiger partial charge in [-0.15, -0.1) is 0 Å². The summed E-state index contributed by atoms with van der Waals surface area (Å²) in [5.41, 5.74) is 6.64. The van der Waals surface area contributed by atoms with Gasteiger partial charge in [-0.2, -0.15) is 0 Å². The Kier molecular flexibility index (Phi) is 3.45. The lowest BCUT2D eigenvalue weighted by Gasteiger charge is -2.25. The summed E-state index contributed by atoms with van der Waals surface area (Å²) < 4.78 is 1.11. The topological polar surface area (TPSA) is 27.8 Å². The molecule has 2 nitrogen and oxygen atoms in total. The van der Waals surface area contributed by atoms with Crippen molar-refractivity contribution in [3.8, 4) is 0 Å². The molecule has 1 aliphatic rings. The molecule has 3 heteroatoms. The molecule has 2 aromatic carbocycles. The first-order valence-electron chi connectivity index (χ1n) is 7.84. The van der Waals surface area contributed by atoms with Crippen molar-refractivity contribution in [1.82, 2.24) is 4.98 Å². The molecule has 4 rings (SSSR count). The molecule has 0 bridgehead atoms. The van der Waals surface area contributed by atoms with E-state index in [2.05, 4.69) is 75.6 Å². The first kappa shape index (κ1) is 13.9. The summed E-state index contributed by atoms with van der Waals surface area (Å²) in [4.78, 5) is 3.65. The zero-order chi connectivity index (χ0) is 15.1. The van der Waals surface area contributed by atoms with Crippen LogP contribution in [0.4, 0.5) is 5.69 Å². The van der Waals surface area contributed by atoms with Crippen molar-refractivity contribution in [3.63, 3.8) is 0 Å². The van der Waals surface area contributed by atoms with Gasteiger partial charge in [0.15, 0.2) is 0 Å². The molecule has 0 saturated heterocycles. The van der Waals surface area contributed by atoms with Gasteiger partial charge < -0.3 is 10.3 Å². The van der Waals surface area contributed by atoms with Gasteiger partial charge in [0.05, 0.1) is 6.04 Å². The van der Waals surface area contributed by atoms with Gasteiger partial charge in [-0.25, -0.2) is 0 Å². The van der Waals surface area contributed by atoms with E-state index in [1.807, 2.05) is 0 Å². The van der Waals surface area contributed by atoms with Crippen molar-refractivity contribution >= 4 is 32.5 Å². The second kappa shape index (κ2) is 5.47. The number of aromatic amines is 1. The first-order valence-corrected chi connectivity index (χ1v) is 8.63. The number of aryl methyl sites for hydroxylation is 2. The summed E-state index contributed by atoms with van der Waals surface area (Å²) in [5, 5.41) is 5.09. The van der Waals surface area contributed by atoms with Crippen molar-refractivity contribution in [2.45, 2.75) is 32.2 Å². The molecule has 1 aromatic heterocycles. The van der Waals surface area contributed by atoms with Crippen LogP contribution in [-0.2, 0) is 6.42 Å². The van der Waals surface area contributed by atoms with E-state index in [1.54, 1.807) is 0 Å². The number of nitrogens with one attached hydrogen (secondary N) is 2. The number of halogens is 1. The zero-order valence-electron chi connectivity index (χ0n) is 12.6. The largest absolute Gasteiger partial charge is 0.377 e. The van der Waals surface area contributed by atoms with E-state index in [1.165, 1.54) is 52.7 Å². The smallest absolute Gasteiger partial charge is 0.0666 e. The lowest BCUT2D eigenvalue weighted by Crippen LogP contribution is -2.17. The molecule has 1 aliphatic carbocycles. The third-order valence-corrected chi connectivity index (χ3v) is 5.08. The van der Waals surface area contributed by atoms with Gasteiger partial charge in [0.25, 0.3) is 0 Å². The highest BCUT2D eigenvalue weighted by Gasteiger charge is 2.24. The number of hydrogen-bond acceptors (Lipinski definition) is 1. The minimum atomic E-state index is 0.373. The van der Waals surface area contributed by atoms with Crippen LogP contribution in [0, 0.1) is 6.92 Å². The van der Waals surface area contributed by atoms with Crippen LogP contribution in [0.5, 0.6) is 0 Å². The Labute approximate surface area is 139 Å². The number of anilines is 1. The fourth-order valence-electron chi connectivity index (χ4n) is 3.47. The van der Waals surface area contributed by atoms with E-state index in [0.717, 1.165) is 4.47 Å². The van der Waals surface area contributed by atoms with Crippen LogP contribution < -0.4 is 5.32 Å². The number of rotatable bonds is 2. The molecule has 0 saturated carbocycles. The van der Waals surface area contributed by atoms with Crippen LogP contribution in [0.3, 0.4) is 0 Å². The molecule has 0 aliphatic heterocycles. The van der Waals surface area contributed by atoms with Gasteiger partial charge in [0.2, 0.25) is 0 Å². The minimum absolute atomic E-state index is 0.373. The van der Waals surface area contributed by atoms with E-state index >= 15 is 0 Å². The zero-order valence-corrected chi connectivity index (χ0v) is 14.2. The Balaban J connectivity index is 1.72. The first-order chi connectivity index (χ1) is 10.7.